The lowest BCUT2D eigenvalue weighted by molar-refractivity contribution is -0.159. The summed E-state index contributed by atoms with van der Waals surface area (Å²) >= 11 is 0. The number of esters is 1. The van der Waals surface area contributed by atoms with Crippen LogP contribution in [0.5, 0.6) is 0 Å². The van der Waals surface area contributed by atoms with Gasteiger partial charge >= 0.3 is 29.8 Å². The molecule has 0 saturated carbocycles. The summed E-state index contributed by atoms with van der Waals surface area (Å²) in [7, 11) is 1.70. The minimum absolute atomic E-state index is 0.00432. The Morgan fingerprint density at radius 2 is 1.23 bits per heavy atom. The predicted octanol–water partition coefficient (Wildman–Crippen LogP) is -5.58. The van der Waals surface area contributed by atoms with Gasteiger partial charge in [-0.05, 0) is 81.9 Å². The number of aliphatic carboxylic acids is 4. The Kier molecular flexibility index (Phi) is 42.3. The Bertz CT molecular complexity index is 3910. The fraction of sp³-hybridized carbons (Fsp3) is 0.622. The predicted molar refractivity (Wildman–Crippen MR) is 413 cm³/mol. The van der Waals surface area contributed by atoms with Crippen molar-refractivity contribution < 1.29 is 131 Å². The second-order valence-corrected chi connectivity index (χ2v) is 29.0. The number of aromatic amines is 1. The number of aliphatic hydroxyl groups is 1. The molecule has 0 aliphatic carbocycles. The molecule has 656 valence electrons. The first-order chi connectivity index (χ1) is 55.5. The van der Waals surface area contributed by atoms with Gasteiger partial charge in [-0.1, -0.05) is 91.3 Å². The number of rotatable bonds is 38. The van der Waals surface area contributed by atoms with Crippen molar-refractivity contribution in [2.75, 3.05) is 33.8 Å². The number of carbonyl (C=O) groups excluding carboxylic acids is 16. The zero-order valence-electron chi connectivity index (χ0n) is 67.2. The maximum absolute atomic E-state index is 15.0. The molecule has 0 bridgehead atoms. The molecule has 44 nitrogen and oxygen atoms in total. The molecule has 1 aliphatic heterocycles. The first kappa shape index (κ1) is 100. The standard InChI is InChI=1S/C74H113N17O27/c1-10-35(3)20-14-12-13-15-24-49(93)81-45(29-40-32-78-42-22-17-16-21-41(40)42)66(107)84-44(25-26-52(96)97)65(106)89-58(60(102)62(77)103)71(112)88-57-39(7)118-74(116)56(36(4)11-2)87-70(111)55(37(5)28-53(98)99)86-68(109)46(30-48(76)92)82-50(94)33-79-69(110)59(61(117-9)73(114)115)90-64(105)43(23-18-19-27-75)83-67(108)47(31-54(100)101)85-63(104)38(6)80-51(95)34-91(8)72(57)113/h16-17,21-22,32,35-39,43-47,55-61,78,102H,10-15,18-20,23-31,33-34,75H2,1-9H3,(H2,76,92)(H2,77,103)(H,79,110)(H,80,95)(H,81,93)(H,82,94)(H,83,108)(H,84,107)(H,85,104)(H,86,109)(H,87,111)(H,88,112)(H,89,106)(H,90,105)(H,96,97)(H,98,99)(H,100,101)(H,114,115)/t35?,36?,37?,38?,39-,43?,44?,45?,46?,47?,55?,56?,57?,58?,59?,60?,61?/m0/s1. The Labute approximate surface area is 678 Å². The number of H-pyrrole nitrogens is 1. The first-order valence-corrected chi connectivity index (χ1v) is 38.4. The number of cyclic esters (lactones) is 1. The first-order valence-electron chi connectivity index (χ1n) is 38.4. The number of ether oxygens (including phenoxy) is 2. The van der Waals surface area contributed by atoms with Gasteiger partial charge in [-0.3, -0.25) is 86.3 Å². The molecule has 0 radical (unpaired) electrons. The molecule has 0 spiro atoms. The van der Waals surface area contributed by atoms with Crippen molar-refractivity contribution in [1.29, 1.82) is 0 Å². The highest BCUT2D eigenvalue weighted by molar-refractivity contribution is 6.03. The van der Waals surface area contributed by atoms with Gasteiger partial charge in [-0.2, -0.15) is 0 Å². The van der Waals surface area contributed by atoms with Crippen LogP contribution in [0.2, 0.25) is 0 Å². The highest BCUT2D eigenvalue weighted by Crippen LogP contribution is 2.22. The SMILES string of the molecule is CCC(C)CCCCCCC(=O)NC(Cc1c[nH]c2ccccc12)C(=O)NC(CCC(=O)O)C(=O)NC(C(=O)NC1C(=O)N(C)CC(=O)NC(C)C(=O)NC(CC(=O)O)C(=O)NC(CCCCN)C(=O)NC(C(OC)C(=O)O)C(=O)NCC(=O)NC(CC(N)=O)C(=O)NC(C(C)CC(=O)O)C(=O)NC(C(C)CC)C(=O)O[C@H]1C)C(O)C(N)=O. The van der Waals surface area contributed by atoms with Gasteiger partial charge < -0.3 is 126 Å². The number of carbonyl (C=O) groups is 20. The second-order valence-electron chi connectivity index (χ2n) is 29.0. The number of benzene rings is 1. The number of likely N-dealkylation sites (N-methyl/N-ethyl adjacent to an activating group) is 1. The van der Waals surface area contributed by atoms with Crippen molar-refractivity contribution in [2.45, 2.75) is 242 Å². The number of aromatic nitrogens is 1. The average Bonchev–Trinajstić information content (AvgIpc) is 1.72. The summed E-state index contributed by atoms with van der Waals surface area (Å²) in [5.41, 5.74) is 17.8. The minimum atomic E-state index is -2.80. The summed E-state index contributed by atoms with van der Waals surface area (Å²) in [6.07, 6.45) is -6.14. The Morgan fingerprint density at radius 1 is 0.619 bits per heavy atom. The number of nitrogens with zero attached hydrogens (tertiary/aromatic N) is 1. The van der Waals surface area contributed by atoms with E-state index in [0.717, 1.165) is 60.6 Å². The van der Waals surface area contributed by atoms with Crippen molar-refractivity contribution >= 4 is 129 Å². The van der Waals surface area contributed by atoms with Crippen LogP contribution in [0.3, 0.4) is 0 Å². The van der Waals surface area contributed by atoms with E-state index >= 15 is 4.79 Å². The Hall–Kier alpha value is -12.0. The molecule has 1 aromatic carbocycles. The Balaban J connectivity index is 2.30. The summed E-state index contributed by atoms with van der Waals surface area (Å²) in [6.45, 7) is 7.81. The third kappa shape index (κ3) is 33.3. The van der Waals surface area contributed by atoms with Gasteiger partial charge in [0, 0.05) is 50.5 Å². The van der Waals surface area contributed by atoms with Crippen LogP contribution in [0.1, 0.15) is 157 Å². The molecule has 24 N–H and O–H groups in total. The van der Waals surface area contributed by atoms with E-state index in [4.69, 9.17) is 26.7 Å². The van der Waals surface area contributed by atoms with Gasteiger partial charge in [0.25, 0.3) is 0 Å². The Morgan fingerprint density at radius 3 is 1.83 bits per heavy atom. The highest BCUT2D eigenvalue weighted by Gasteiger charge is 2.44. The van der Waals surface area contributed by atoms with Crippen LogP contribution in [-0.4, -0.2) is 272 Å². The van der Waals surface area contributed by atoms with Crippen LogP contribution in [0.25, 0.3) is 10.9 Å². The molecule has 2 heterocycles. The number of fused-ring (bicyclic) bond motifs is 1. The summed E-state index contributed by atoms with van der Waals surface area (Å²) in [4.78, 5) is 278. The van der Waals surface area contributed by atoms with E-state index in [-0.39, 0.29) is 45.1 Å². The van der Waals surface area contributed by atoms with E-state index in [1.165, 1.54) is 13.8 Å². The second kappa shape index (κ2) is 49.8. The molecule has 3 rings (SSSR count). The average molecular weight is 1670 g/mol. The van der Waals surface area contributed by atoms with E-state index in [1.54, 1.807) is 30.5 Å². The maximum atomic E-state index is 15.0. The van der Waals surface area contributed by atoms with Crippen LogP contribution in [-0.2, 0) is 112 Å². The largest absolute Gasteiger partial charge is 0.481 e. The maximum Gasteiger partial charge on any atom is 0.335 e. The fourth-order valence-corrected chi connectivity index (χ4v) is 12.3. The van der Waals surface area contributed by atoms with Gasteiger partial charge in [0.1, 0.15) is 72.6 Å². The summed E-state index contributed by atoms with van der Waals surface area (Å²) in [5.74, 6) is -30.5. The number of amides is 15. The lowest BCUT2D eigenvalue weighted by Crippen LogP contribution is -2.64. The molecular formula is C74H113N17O27. The van der Waals surface area contributed by atoms with Crippen molar-refractivity contribution in [3.05, 3.63) is 36.0 Å². The number of nitrogens with one attached hydrogen (secondary N) is 13. The number of carboxylic acids is 4. The monoisotopic (exact) mass is 1670 g/mol. The van der Waals surface area contributed by atoms with Gasteiger partial charge in [0.15, 0.2) is 12.2 Å². The third-order valence-corrected chi connectivity index (χ3v) is 19.5. The number of methoxy groups -OCH3 is 1. The number of para-hydroxylation sites is 1. The van der Waals surface area contributed by atoms with Crippen LogP contribution >= 0.6 is 0 Å². The third-order valence-electron chi connectivity index (χ3n) is 19.5. The van der Waals surface area contributed by atoms with Crippen molar-refractivity contribution in [3.8, 4) is 0 Å². The van der Waals surface area contributed by atoms with Gasteiger partial charge in [-0.15, -0.1) is 0 Å². The normalized spacial score (nSPS) is 22.2. The van der Waals surface area contributed by atoms with Gasteiger partial charge in [-0.25, -0.2) is 9.59 Å². The van der Waals surface area contributed by atoms with Crippen molar-refractivity contribution in [1.82, 2.24) is 73.7 Å². The molecule has 15 amide bonds. The van der Waals surface area contributed by atoms with Crippen molar-refractivity contribution in [3.63, 3.8) is 0 Å². The minimum Gasteiger partial charge on any atom is -0.481 e. The molecule has 118 heavy (non-hydrogen) atoms. The molecular weight excluding hydrogens is 1560 g/mol. The van der Waals surface area contributed by atoms with Gasteiger partial charge in [0.05, 0.1) is 32.4 Å². The summed E-state index contributed by atoms with van der Waals surface area (Å²) in [6, 6.07) is -15.7. The molecule has 44 heteroatoms. The van der Waals surface area contributed by atoms with E-state index < -0.39 is 260 Å². The molecule has 1 aliphatic rings. The number of nitrogens with two attached hydrogens (primary N) is 3. The van der Waals surface area contributed by atoms with E-state index in [0.29, 0.717) is 40.1 Å². The molecule has 16 unspecified atom stereocenters. The van der Waals surface area contributed by atoms with Crippen molar-refractivity contribution in [2.24, 2.45) is 35.0 Å². The van der Waals surface area contributed by atoms with Crippen LogP contribution in [0.15, 0.2) is 30.5 Å². The fourth-order valence-electron chi connectivity index (χ4n) is 12.3. The van der Waals surface area contributed by atoms with Crippen LogP contribution in [0.4, 0.5) is 0 Å². The van der Waals surface area contributed by atoms with Crippen LogP contribution in [0, 0.1) is 17.8 Å². The molecule has 1 saturated heterocycles. The van der Waals surface area contributed by atoms with Gasteiger partial charge in [0.2, 0.25) is 88.6 Å². The quantitative estimate of drug-likeness (QED) is 0.0220. The molecule has 17 atom stereocenters. The zero-order valence-corrected chi connectivity index (χ0v) is 67.2. The smallest absolute Gasteiger partial charge is 0.335 e. The highest BCUT2D eigenvalue weighted by atomic mass is 16.5. The van der Waals surface area contributed by atoms with E-state index in [1.807, 2.05) is 10.6 Å². The zero-order chi connectivity index (χ0) is 89.0. The molecule has 1 fully saturated rings. The molecule has 1 aromatic heterocycles. The number of carboxylic acid groups (broad SMARTS) is 4. The number of unbranched alkanes of at least 4 members (excludes halogenated alkanes) is 4. The number of hydrogen-bond donors (Lipinski definition) is 21. The molecule has 2 aromatic rings. The summed E-state index contributed by atoms with van der Waals surface area (Å²) in [5, 5.41) is 78.5. The van der Waals surface area contributed by atoms with Crippen LogP contribution < -0.4 is 81.0 Å². The topological polar surface area (TPSA) is 702 Å². The number of primary amides is 2. The lowest BCUT2D eigenvalue weighted by Gasteiger charge is -2.33. The number of aliphatic hydroxyl groups excluding tert-OH is 1. The van der Waals surface area contributed by atoms with E-state index in [9.17, 15) is 117 Å². The lowest BCUT2D eigenvalue weighted by atomic mass is 9.94. The summed E-state index contributed by atoms with van der Waals surface area (Å²) < 4.78 is 10.8. The van der Waals surface area contributed by atoms with E-state index in [2.05, 4.69) is 72.0 Å². The number of hydrogen-bond acceptors (Lipinski definition) is 24.